The lowest BCUT2D eigenvalue weighted by atomic mass is 9.97. The number of piperazine rings is 1. The second-order valence-corrected chi connectivity index (χ2v) is 7.60. The summed E-state index contributed by atoms with van der Waals surface area (Å²) in [6.45, 7) is 4.32. The lowest BCUT2D eigenvalue weighted by Gasteiger charge is -2.29. The topological polar surface area (TPSA) is 32.6 Å². The minimum atomic E-state index is 0.832. The molecule has 1 N–H and O–H groups in total. The molecule has 0 saturated carbocycles. The van der Waals surface area contributed by atoms with Crippen molar-refractivity contribution in [1.82, 2.24) is 14.7 Å². The van der Waals surface area contributed by atoms with Gasteiger partial charge in [0.2, 0.25) is 0 Å². The molecule has 0 aromatic carbocycles. The van der Waals surface area contributed by atoms with Crippen molar-refractivity contribution >= 4 is 23.1 Å². The summed E-state index contributed by atoms with van der Waals surface area (Å²) in [4.78, 5) is 7.32. The summed E-state index contributed by atoms with van der Waals surface area (Å²) in [6, 6.07) is 4.46. The van der Waals surface area contributed by atoms with Crippen LogP contribution in [0.1, 0.15) is 18.5 Å². The van der Waals surface area contributed by atoms with Crippen LogP contribution in [0.4, 0.5) is 5.69 Å². The van der Waals surface area contributed by atoms with Crippen molar-refractivity contribution in [3.63, 3.8) is 0 Å². The number of hydrogen-bond acceptors (Lipinski definition) is 4. The van der Waals surface area contributed by atoms with E-state index in [1.54, 1.807) is 0 Å². The number of nitrogens with zero attached hydrogens (tertiary/aromatic N) is 3. The number of pyridine rings is 1. The van der Waals surface area contributed by atoms with Gasteiger partial charge in [-0.15, -0.1) is 0 Å². The van der Waals surface area contributed by atoms with Gasteiger partial charge in [0.1, 0.15) is 5.65 Å². The van der Waals surface area contributed by atoms with Crippen LogP contribution in [0.5, 0.6) is 0 Å². The number of fused-ring (bicyclic) bond motifs is 1. The molecular formula is C17H24N4S. The summed E-state index contributed by atoms with van der Waals surface area (Å²) in [7, 11) is 0. The van der Waals surface area contributed by atoms with Crippen LogP contribution in [-0.4, -0.2) is 47.1 Å². The normalized spacial score (nSPS) is 20.6. The van der Waals surface area contributed by atoms with Crippen molar-refractivity contribution in [3.8, 4) is 0 Å². The van der Waals surface area contributed by atoms with Crippen molar-refractivity contribution in [2.45, 2.75) is 19.3 Å². The minimum absolute atomic E-state index is 0.832. The second-order valence-electron chi connectivity index (χ2n) is 6.38. The first-order valence-electron chi connectivity index (χ1n) is 8.39. The molecule has 4 rings (SSSR count). The van der Waals surface area contributed by atoms with E-state index in [1.165, 1.54) is 35.7 Å². The third-order valence-corrected chi connectivity index (χ3v) is 5.86. The lowest BCUT2D eigenvalue weighted by molar-refractivity contribution is 0.483. The summed E-state index contributed by atoms with van der Waals surface area (Å²) < 4.78 is 2.18. The van der Waals surface area contributed by atoms with Gasteiger partial charge in [-0.25, -0.2) is 4.98 Å². The molecule has 4 heterocycles. The first-order valence-corrected chi connectivity index (χ1v) is 9.55. The number of hydrogen-bond donors (Lipinski definition) is 1. The molecule has 0 aliphatic carbocycles. The van der Waals surface area contributed by atoms with Gasteiger partial charge >= 0.3 is 0 Å². The summed E-state index contributed by atoms with van der Waals surface area (Å²) >= 11 is 2.10. The van der Waals surface area contributed by atoms with Crippen molar-refractivity contribution in [2.24, 2.45) is 5.92 Å². The maximum atomic E-state index is 4.88. The molecule has 2 aromatic rings. The highest BCUT2D eigenvalue weighted by atomic mass is 32.2. The quantitative estimate of drug-likeness (QED) is 0.943. The smallest absolute Gasteiger partial charge is 0.139 e. The molecule has 2 aromatic heterocycles. The van der Waals surface area contributed by atoms with Crippen LogP contribution in [0, 0.1) is 5.92 Å². The molecule has 0 bridgehead atoms. The first-order chi connectivity index (χ1) is 10.9. The molecule has 2 saturated heterocycles. The summed E-state index contributed by atoms with van der Waals surface area (Å²) in [5.41, 5.74) is 3.66. The van der Waals surface area contributed by atoms with E-state index in [0.717, 1.165) is 44.2 Å². The van der Waals surface area contributed by atoms with Crippen LogP contribution in [-0.2, 0) is 6.42 Å². The number of thioether (sulfide) groups is 1. The Morgan fingerprint density at radius 1 is 1.23 bits per heavy atom. The molecule has 0 unspecified atom stereocenters. The maximum Gasteiger partial charge on any atom is 0.139 e. The number of aromatic nitrogens is 2. The standard InChI is InChI=1S/C17H24N4S/c1-6-21-13-15(11-14-2-9-22-10-3-14)19-17(21)12-16(1)20-7-4-18-5-8-20/h1,6,12-14,18H,2-5,7-11H2. The fourth-order valence-electron chi connectivity index (χ4n) is 3.49. The fourth-order valence-corrected chi connectivity index (χ4v) is 4.69. The van der Waals surface area contributed by atoms with Crippen LogP contribution in [0.3, 0.4) is 0 Å². The van der Waals surface area contributed by atoms with Gasteiger partial charge in [-0.1, -0.05) is 0 Å². The Labute approximate surface area is 136 Å². The van der Waals surface area contributed by atoms with Crippen LogP contribution >= 0.6 is 11.8 Å². The van der Waals surface area contributed by atoms with E-state index in [-0.39, 0.29) is 0 Å². The predicted molar refractivity (Wildman–Crippen MR) is 94.0 cm³/mol. The molecular weight excluding hydrogens is 292 g/mol. The van der Waals surface area contributed by atoms with E-state index in [1.807, 2.05) is 0 Å². The Bertz CT molecular complexity index is 627. The van der Waals surface area contributed by atoms with Gasteiger partial charge in [0.25, 0.3) is 0 Å². The first kappa shape index (κ1) is 14.4. The predicted octanol–water partition coefficient (Wildman–Crippen LogP) is 2.43. The Hall–Kier alpha value is -1.20. The van der Waals surface area contributed by atoms with Crippen molar-refractivity contribution < 1.29 is 0 Å². The Morgan fingerprint density at radius 3 is 2.86 bits per heavy atom. The minimum Gasteiger partial charge on any atom is -0.369 e. The molecule has 2 fully saturated rings. The third kappa shape index (κ3) is 3.10. The van der Waals surface area contributed by atoms with Gasteiger partial charge in [0.05, 0.1) is 5.69 Å². The molecule has 118 valence electrons. The Morgan fingerprint density at radius 2 is 2.05 bits per heavy atom. The number of anilines is 1. The number of nitrogens with one attached hydrogen (secondary N) is 1. The highest BCUT2D eigenvalue weighted by Crippen LogP contribution is 2.26. The summed E-state index contributed by atoms with van der Waals surface area (Å²) in [5.74, 6) is 3.48. The highest BCUT2D eigenvalue weighted by molar-refractivity contribution is 7.99. The average Bonchev–Trinajstić information content (AvgIpc) is 2.98. The lowest BCUT2D eigenvalue weighted by Crippen LogP contribution is -2.43. The number of rotatable bonds is 3. The van der Waals surface area contributed by atoms with E-state index in [0.29, 0.717) is 0 Å². The average molecular weight is 316 g/mol. The van der Waals surface area contributed by atoms with Gasteiger partial charge in [-0.05, 0) is 42.8 Å². The maximum absolute atomic E-state index is 4.88. The van der Waals surface area contributed by atoms with E-state index in [4.69, 9.17) is 4.98 Å². The van der Waals surface area contributed by atoms with Crippen LogP contribution < -0.4 is 10.2 Å². The van der Waals surface area contributed by atoms with Gasteiger partial charge in [-0.2, -0.15) is 11.8 Å². The van der Waals surface area contributed by atoms with Gasteiger partial charge in [0.15, 0.2) is 0 Å². The zero-order chi connectivity index (χ0) is 14.8. The second kappa shape index (κ2) is 6.50. The molecule has 0 atom stereocenters. The molecule has 2 aliphatic heterocycles. The molecule has 0 spiro atoms. The molecule has 22 heavy (non-hydrogen) atoms. The molecule has 5 heteroatoms. The van der Waals surface area contributed by atoms with Gasteiger partial charge in [-0.3, -0.25) is 0 Å². The largest absolute Gasteiger partial charge is 0.369 e. The molecule has 0 radical (unpaired) electrons. The Balaban J connectivity index is 1.52. The van der Waals surface area contributed by atoms with Crippen LogP contribution in [0.25, 0.3) is 5.65 Å². The summed E-state index contributed by atoms with van der Waals surface area (Å²) in [5, 5.41) is 3.41. The zero-order valence-electron chi connectivity index (χ0n) is 13.0. The van der Waals surface area contributed by atoms with Gasteiger partial charge in [0, 0.05) is 50.3 Å². The molecule has 0 amide bonds. The molecule has 4 nitrogen and oxygen atoms in total. The number of imidazole rings is 1. The van der Waals surface area contributed by atoms with Crippen molar-refractivity contribution in [1.29, 1.82) is 0 Å². The van der Waals surface area contributed by atoms with Crippen molar-refractivity contribution in [3.05, 3.63) is 30.2 Å². The van der Waals surface area contributed by atoms with E-state index in [9.17, 15) is 0 Å². The monoisotopic (exact) mass is 316 g/mol. The van der Waals surface area contributed by atoms with E-state index >= 15 is 0 Å². The highest BCUT2D eigenvalue weighted by Gasteiger charge is 2.16. The van der Waals surface area contributed by atoms with Crippen LogP contribution in [0.15, 0.2) is 24.5 Å². The van der Waals surface area contributed by atoms with E-state index < -0.39 is 0 Å². The molecule has 2 aliphatic rings. The van der Waals surface area contributed by atoms with Crippen LogP contribution in [0.2, 0.25) is 0 Å². The zero-order valence-corrected chi connectivity index (χ0v) is 13.8. The third-order valence-electron chi connectivity index (χ3n) is 4.81. The van der Waals surface area contributed by atoms with E-state index in [2.05, 4.69) is 50.9 Å². The summed E-state index contributed by atoms with van der Waals surface area (Å²) in [6.07, 6.45) is 8.24. The fraction of sp³-hybridized carbons (Fsp3) is 0.588. The SMILES string of the molecule is c1cn2cc(CC3CCSCC3)nc2cc1N1CCNCC1. The van der Waals surface area contributed by atoms with Gasteiger partial charge < -0.3 is 14.6 Å². The Kier molecular flexibility index (Phi) is 4.26. The van der Waals surface area contributed by atoms with Crippen molar-refractivity contribution in [2.75, 3.05) is 42.6 Å².